The van der Waals surface area contributed by atoms with Crippen LogP contribution in [-0.4, -0.2) is 23.8 Å². The molecule has 0 spiro atoms. The zero-order chi connectivity index (χ0) is 28.3. The van der Waals surface area contributed by atoms with Crippen molar-refractivity contribution in [1.29, 1.82) is 0 Å². The Labute approximate surface area is 235 Å². The highest BCUT2D eigenvalue weighted by molar-refractivity contribution is 6.20. The molecule has 6 aromatic rings. The molecule has 41 heavy (non-hydrogen) atoms. The summed E-state index contributed by atoms with van der Waals surface area (Å²) in [6, 6.07) is 30.4. The third kappa shape index (κ3) is 5.13. The van der Waals surface area contributed by atoms with Gasteiger partial charge in [-0.25, -0.2) is 0 Å². The maximum absolute atomic E-state index is 13.8. The zero-order valence-corrected chi connectivity index (χ0v) is 22.4. The van der Waals surface area contributed by atoms with Gasteiger partial charge in [-0.15, -0.1) is 0 Å². The van der Waals surface area contributed by atoms with Crippen LogP contribution >= 0.6 is 0 Å². The maximum Gasteiger partial charge on any atom is 0.196 e. The number of ether oxygens (including phenoxy) is 2. The average Bonchev–Trinajstić information content (AvgIpc) is 3.66. The molecule has 2 heterocycles. The fourth-order valence-electron chi connectivity index (χ4n) is 4.71. The Morgan fingerprint density at radius 3 is 2.05 bits per heavy atom. The Hall–Kier alpha value is -5.43. The number of carbonyl (C=O) groups excluding carboxylic acids is 2. The van der Waals surface area contributed by atoms with Crippen molar-refractivity contribution in [3.63, 3.8) is 0 Å². The molecule has 0 unspecified atom stereocenters. The lowest BCUT2D eigenvalue weighted by molar-refractivity contribution is 0.103. The van der Waals surface area contributed by atoms with Crippen LogP contribution in [0.15, 0.2) is 112 Å². The van der Waals surface area contributed by atoms with Crippen molar-refractivity contribution in [2.75, 3.05) is 7.11 Å². The quantitative estimate of drug-likeness (QED) is 0.175. The van der Waals surface area contributed by atoms with E-state index in [0.29, 0.717) is 45.1 Å². The Morgan fingerprint density at radius 2 is 1.41 bits per heavy atom. The number of hydrogen-bond acceptors (Lipinski definition) is 7. The van der Waals surface area contributed by atoms with E-state index in [0.717, 1.165) is 11.3 Å². The highest BCUT2D eigenvalue weighted by Gasteiger charge is 2.26. The highest BCUT2D eigenvalue weighted by atomic mass is 16.5. The summed E-state index contributed by atoms with van der Waals surface area (Å²) < 4.78 is 23.0. The van der Waals surface area contributed by atoms with Crippen LogP contribution in [-0.2, 0) is 6.61 Å². The minimum Gasteiger partial charge on any atom is -0.497 e. The second-order valence-electron chi connectivity index (χ2n) is 9.49. The molecule has 0 aliphatic carbocycles. The van der Waals surface area contributed by atoms with Gasteiger partial charge < -0.3 is 18.4 Å². The number of furan rings is 1. The molecular formula is C34H25NO6. The lowest BCUT2D eigenvalue weighted by Crippen LogP contribution is -2.10. The minimum atomic E-state index is -0.278. The van der Waals surface area contributed by atoms with Crippen molar-refractivity contribution < 1.29 is 28.0 Å². The first-order valence-corrected chi connectivity index (χ1v) is 13.0. The Morgan fingerprint density at radius 1 is 0.780 bits per heavy atom. The summed E-state index contributed by atoms with van der Waals surface area (Å²) in [4.78, 5) is 27.4. The molecule has 0 aliphatic rings. The second kappa shape index (κ2) is 11.0. The topological polar surface area (TPSA) is 91.8 Å². The molecule has 0 amide bonds. The van der Waals surface area contributed by atoms with Crippen LogP contribution in [0.5, 0.6) is 11.5 Å². The zero-order valence-electron chi connectivity index (χ0n) is 22.4. The minimum absolute atomic E-state index is 0.00350. The number of benzene rings is 4. The lowest BCUT2D eigenvalue weighted by Gasteiger charge is -2.14. The molecule has 0 saturated heterocycles. The number of aromatic nitrogens is 1. The van der Waals surface area contributed by atoms with Gasteiger partial charge in [0.2, 0.25) is 0 Å². The van der Waals surface area contributed by atoms with Gasteiger partial charge in [0.15, 0.2) is 17.3 Å². The normalized spacial score (nSPS) is 11.0. The van der Waals surface area contributed by atoms with E-state index in [-0.39, 0.29) is 29.3 Å². The SMILES string of the molecule is COc1ccc(-c2cc(COc3c(C(=O)c4ccccc4)cc(C(=O)c4ccccc4)c4oc(C)cc34)on2)cc1. The number of nitrogens with zero attached hydrogens (tertiary/aromatic N) is 1. The van der Waals surface area contributed by atoms with Crippen LogP contribution in [0, 0.1) is 6.92 Å². The molecule has 2 aromatic heterocycles. The number of fused-ring (bicyclic) bond motifs is 1. The van der Waals surface area contributed by atoms with Gasteiger partial charge in [0.05, 0.1) is 23.6 Å². The molecule has 0 N–H and O–H groups in total. The van der Waals surface area contributed by atoms with E-state index in [4.69, 9.17) is 18.4 Å². The molecule has 0 bridgehead atoms. The first-order valence-electron chi connectivity index (χ1n) is 13.0. The van der Waals surface area contributed by atoms with Crippen LogP contribution < -0.4 is 9.47 Å². The molecular weight excluding hydrogens is 518 g/mol. The van der Waals surface area contributed by atoms with Crippen molar-refractivity contribution in [2.45, 2.75) is 13.5 Å². The van der Waals surface area contributed by atoms with E-state index in [9.17, 15) is 9.59 Å². The van der Waals surface area contributed by atoms with Gasteiger partial charge in [-0.2, -0.15) is 0 Å². The number of methoxy groups -OCH3 is 1. The van der Waals surface area contributed by atoms with Crippen LogP contribution in [0.4, 0.5) is 0 Å². The van der Waals surface area contributed by atoms with Gasteiger partial charge in [-0.05, 0) is 43.3 Å². The van der Waals surface area contributed by atoms with E-state index in [1.54, 1.807) is 80.8 Å². The third-order valence-electron chi connectivity index (χ3n) is 6.74. The van der Waals surface area contributed by atoms with Crippen LogP contribution in [0.1, 0.15) is 43.4 Å². The van der Waals surface area contributed by atoms with Gasteiger partial charge >= 0.3 is 0 Å². The second-order valence-corrected chi connectivity index (χ2v) is 9.49. The Balaban J connectivity index is 1.41. The summed E-state index contributed by atoms with van der Waals surface area (Å²) in [5.74, 6) is 1.56. The van der Waals surface area contributed by atoms with Crippen molar-refractivity contribution in [2.24, 2.45) is 0 Å². The maximum atomic E-state index is 13.8. The first kappa shape index (κ1) is 25.8. The van der Waals surface area contributed by atoms with Gasteiger partial charge in [0.1, 0.15) is 35.1 Å². The third-order valence-corrected chi connectivity index (χ3v) is 6.74. The Bertz CT molecular complexity index is 1850. The molecule has 0 radical (unpaired) electrons. The lowest BCUT2D eigenvalue weighted by atomic mass is 9.94. The number of rotatable bonds is 9. The van der Waals surface area contributed by atoms with Crippen molar-refractivity contribution in [3.05, 3.63) is 137 Å². The first-order chi connectivity index (χ1) is 20.0. The number of ketones is 2. The summed E-state index contributed by atoms with van der Waals surface area (Å²) >= 11 is 0. The largest absolute Gasteiger partial charge is 0.497 e. The summed E-state index contributed by atoms with van der Waals surface area (Å²) in [7, 11) is 1.61. The Kier molecular flexibility index (Phi) is 6.92. The summed E-state index contributed by atoms with van der Waals surface area (Å²) in [6.07, 6.45) is 0. The molecule has 7 heteroatoms. The van der Waals surface area contributed by atoms with Crippen molar-refractivity contribution >= 4 is 22.5 Å². The summed E-state index contributed by atoms with van der Waals surface area (Å²) in [5, 5.41) is 4.70. The molecule has 0 fully saturated rings. The van der Waals surface area contributed by atoms with E-state index in [1.165, 1.54) is 0 Å². The predicted molar refractivity (Wildman–Crippen MR) is 154 cm³/mol. The fraction of sp³-hybridized carbons (Fsp3) is 0.0882. The molecule has 202 valence electrons. The summed E-state index contributed by atoms with van der Waals surface area (Å²) in [5.41, 5.74) is 3.34. The molecule has 4 aromatic carbocycles. The van der Waals surface area contributed by atoms with Gasteiger partial charge in [0.25, 0.3) is 0 Å². The number of aryl methyl sites for hydroxylation is 1. The van der Waals surface area contributed by atoms with Crippen molar-refractivity contribution in [3.8, 4) is 22.8 Å². The van der Waals surface area contributed by atoms with Crippen LogP contribution in [0.3, 0.4) is 0 Å². The highest BCUT2D eigenvalue weighted by Crippen LogP contribution is 2.38. The van der Waals surface area contributed by atoms with Gasteiger partial charge in [0, 0.05) is 22.8 Å². The van der Waals surface area contributed by atoms with Crippen LogP contribution in [0.25, 0.3) is 22.2 Å². The molecule has 0 aliphatic heterocycles. The van der Waals surface area contributed by atoms with E-state index < -0.39 is 0 Å². The smallest absolute Gasteiger partial charge is 0.196 e. The molecule has 7 nitrogen and oxygen atoms in total. The summed E-state index contributed by atoms with van der Waals surface area (Å²) in [6.45, 7) is 1.79. The van der Waals surface area contributed by atoms with E-state index >= 15 is 0 Å². The number of hydrogen-bond donors (Lipinski definition) is 0. The number of carbonyl (C=O) groups is 2. The molecule has 6 rings (SSSR count). The van der Waals surface area contributed by atoms with E-state index in [1.807, 2.05) is 36.4 Å². The molecule has 0 saturated carbocycles. The van der Waals surface area contributed by atoms with Gasteiger partial charge in [-0.1, -0.05) is 65.8 Å². The monoisotopic (exact) mass is 543 g/mol. The predicted octanol–water partition coefficient (Wildman–Crippen LogP) is 7.45. The fourth-order valence-corrected chi connectivity index (χ4v) is 4.71. The van der Waals surface area contributed by atoms with Gasteiger partial charge in [-0.3, -0.25) is 9.59 Å². The van der Waals surface area contributed by atoms with Crippen LogP contribution in [0.2, 0.25) is 0 Å². The van der Waals surface area contributed by atoms with E-state index in [2.05, 4.69) is 5.16 Å². The molecule has 0 atom stereocenters. The standard InChI is InChI=1S/C34H25NO6/c1-21-17-29-33(39-20-26-18-30(35-41-26)22-13-15-25(38-2)16-14-22)27(31(36)23-9-5-3-6-10-23)19-28(34(29)40-21)32(37)24-11-7-4-8-12-24/h3-19H,20H2,1-2H3. The van der Waals surface area contributed by atoms with Crippen molar-refractivity contribution in [1.82, 2.24) is 5.16 Å². The average molecular weight is 544 g/mol.